The van der Waals surface area contributed by atoms with E-state index in [0.717, 1.165) is 12.5 Å². The van der Waals surface area contributed by atoms with Gasteiger partial charge in [-0.2, -0.15) is 0 Å². The van der Waals surface area contributed by atoms with Crippen molar-refractivity contribution in [2.45, 2.75) is 55.3 Å². The zero-order valence-electron chi connectivity index (χ0n) is 18.6. The topological polar surface area (TPSA) is 83.5 Å². The van der Waals surface area contributed by atoms with Crippen LogP contribution in [0.5, 0.6) is 0 Å². The molecule has 2 aromatic carbocycles. The summed E-state index contributed by atoms with van der Waals surface area (Å²) >= 11 is 6.22. The van der Waals surface area contributed by atoms with Gasteiger partial charge in [0, 0.05) is 23.4 Å². The van der Waals surface area contributed by atoms with Gasteiger partial charge in [-0.3, -0.25) is 4.79 Å². The van der Waals surface area contributed by atoms with E-state index in [2.05, 4.69) is 5.32 Å². The highest BCUT2D eigenvalue weighted by atomic mass is 35.5. The van der Waals surface area contributed by atoms with Gasteiger partial charge in [0.25, 0.3) is 5.91 Å². The minimum atomic E-state index is -3.94. The van der Waals surface area contributed by atoms with Crippen LogP contribution in [-0.4, -0.2) is 30.3 Å². The van der Waals surface area contributed by atoms with Gasteiger partial charge >= 0.3 is 0 Å². The SMILES string of the molecule is CC[C@@]1(O)C2CC(S(=O)(=O)c3cc(C(=O)Nc4cc(F)c(F)c(F)c4)ccc3Cl)CC1[C@@H](C)C2. The lowest BCUT2D eigenvalue weighted by Gasteiger charge is -2.42. The molecule has 2 aliphatic carbocycles. The Morgan fingerprint density at radius 1 is 1.15 bits per heavy atom. The van der Waals surface area contributed by atoms with Crippen LogP contribution in [-0.2, 0) is 9.84 Å². The van der Waals surface area contributed by atoms with Crippen LogP contribution in [0, 0.1) is 35.2 Å². The van der Waals surface area contributed by atoms with Crippen molar-refractivity contribution in [3.8, 4) is 0 Å². The lowest BCUT2D eigenvalue weighted by atomic mass is 9.72. The summed E-state index contributed by atoms with van der Waals surface area (Å²) in [6, 6.07) is 4.94. The van der Waals surface area contributed by atoms with E-state index < -0.39 is 44.0 Å². The molecule has 0 saturated heterocycles. The Morgan fingerprint density at radius 3 is 2.38 bits per heavy atom. The van der Waals surface area contributed by atoms with Gasteiger partial charge in [0.15, 0.2) is 27.3 Å². The van der Waals surface area contributed by atoms with Crippen molar-refractivity contribution < 1.29 is 31.5 Å². The number of halogens is 4. The van der Waals surface area contributed by atoms with Gasteiger partial charge in [0.05, 0.1) is 20.8 Å². The Morgan fingerprint density at radius 2 is 1.79 bits per heavy atom. The van der Waals surface area contributed by atoms with Crippen LogP contribution in [0.3, 0.4) is 0 Å². The van der Waals surface area contributed by atoms with Crippen molar-refractivity contribution in [1.29, 1.82) is 0 Å². The molecule has 1 amide bonds. The molecule has 3 unspecified atom stereocenters. The monoisotopic (exact) mass is 515 g/mol. The molecule has 0 heterocycles. The van der Waals surface area contributed by atoms with Crippen molar-refractivity contribution in [1.82, 2.24) is 0 Å². The maximum Gasteiger partial charge on any atom is 0.255 e. The molecule has 34 heavy (non-hydrogen) atoms. The van der Waals surface area contributed by atoms with Crippen LogP contribution in [0.4, 0.5) is 18.9 Å². The molecule has 0 spiro atoms. The molecule has 2 bridgehead atoms. The summed E-state index contributed by atoms with van der Waals surface area (Å²) in [5.41, 5.74) is -1.29. The van der Waals surface area contributed by atoms with Crippen LogP contribution < -0.4 is 5.32 Å². The van der Waals surface area contributed by atoms with Gasteiger partial charge in [-0.05, 0) is 61.6 Å². The molecule has 5 atom stereocenters. The van der Waals surface area contributed by atoms with Gasteiger partial charge in [-0.15, -0.1) is 0 Å². The molecule has 0 radical (unpaired) electrons. The molecule has 4 rings (SSSR count). The number of carbonyl (C=O) groups excluding carboxylic acids is 1. The quantitative estimate of drug-likeness (QED) is 0.525. The maximum atomic E-state index is 13.6. The number of anilines is 1. The lowest BCUT2D eigenvalue weighted by molar-refractivity contribution is -0.0660. The second kappa shape index (κ2) is 8.84. The number of rotatable bonds is 5. The third-order valence-electron chi connectivity index (χ3n) is 7.50. The predicted molar refractivity (Wildman–Crippen MR) is 122 cm³/mol. The number of nitrogens with one attached hydrogen (secondary N) is 1. The first-order valence-electron chi connectivity index (χ1n) is 11.1. The predicted octanol–water partition coefficient (Wildman–Crippen LogP) is 5.36. The average molecular weight is 516 g/mol. The summed E-state index contributed by atoms with van der Waals surface area (Å²) in [5.74, 6) is -5.53. The number of amides is 1. The van der Waals surface area contributed by atoms with Crippen molar-refractivity contribution in [3.63, 3.8) is 0 Å². The van der Waals surface area contributed by atoms with Crippen LogP contribution in [0.2, 0.25) is 5.02 Å². The highest BCUT2D eigenvalue weighted by Crippen LogP contribution is 2.55. The highest BCUT2D eigenvalue weighted by Gasteiger charge is 2.57. The first-order chi connectivity index (χ1) is 15.9. The molecule has 2 N–H and O–H groups in total. The molecule has 184 valence electrons. The fourth-order valence-electron chi connectivity index (χ4n) is 5.72. The Hall–Kier alpha value is -2.10. The molecule has 2 aromatic rings. The molecule has 2 saturated carbocycles. The molecular weight excluding hydrogens is 491 g/mol. The van der Waals surface area contributed by atoms with Crippen LogP contribution >= 0.6 is 11.6 Å². The summed E-state index contributed by atoms with van der Waals surface area (Å²) in [7, 11) is -3.94. The Kier molecular flexibility index (Phi) is 6.50. The van der Waals surface area contributed by atoms with E-state index >= 15 is 0 Å². The number of fused-ring (bicyclic) bond motifs is 2. The van der Waals surface area contributed by atoms with Crippen molar-refractivity contribution in [3.05, 3.63) is 58.4 Å². The van der Waals surface area contributed by atoms with Crippen LogP contribution in [0.15, 0.2) is 35.2 Å². The van der Waals surface area contributed by atoms with E-state index in [9.17, 15) is 31.5 Å². The number of hydrogen-bond acceptors (Lipinski definition) is 4. The van der Waals surface area contributed by atoms with Gasteiger partial charge in [0.1, 0.15) is 0 Å². The number of aliphatic hydroxyl groups is 1. The largest absolute Gasteiger partial charge is 0.389 e. The van der Waals surface area contributed by atoms with Gasteiger partial charge in [-0.1, -0.05) is 25.4 Å². The van der Waals surface area contributed by atoms with E-state index in [1.807, 2.05) is 13.8 Å². The van der Waals surface area contributed by atoms with E-state index in [1.54, 1.807) is 0 Å². The Balaban J connectivity index is 1.61. The average Bonchev–Trinajstić information content (AvgIpc) is 2.90. The third-order valence-corrected chi connectivity index (χ3v) is 10.2. The van der Waals surface area contributed by atoms with E-state index in [-0.39, 0.29) is 38.9 Å². The van der Waals surface area contributed by atoms with Crippen molar-refractivity contribution in [2.75, 3.05) is 5.32 Å². The van der Waals surface area contributed by atoms with E-state index in [0.29, 0.717) is 31.4 Å². The third kappa shape index (κ3) is 4.12. The molecule has 0 aromatic heterocycles. The Labute approximate surface area is 201 Å². The van der Waals surface area contributed by atoms with Crippen molar-refractivity contribution >= 4 is 33.0 Å². The fourth-order valence-corrected chi connectivity index (χ4v) is 8.10. The molecule has 5 nitrogen and oxygen atoms in total. The van der Waals surface area contributed by atoms with Crippen LogP contribution in [0.1, 0.15) is 49.9 Å². The molecule has 10 heteroatoms. The summed E-state index contributed by atoms with van der Waals surface area (Å²) < 4.78 is 67.2. The smallest absolute Gasteiger partial charge is 0.255 e. The summed E-state index contributed by atoms with van der Waals surface area (Å²) in [5, 5.41) is 12.6. The first kappa shape index (κ1) is 25.0. The van der Waals surface area contributed by atoms with E-state index in [1.165, 1.54) is 12.1 Å². The Bertz CT molecular complexity index is 1230. The number of hydrogen-bond donors (Lipinski definition) is 2. The standard InChI is InChI=1S/C24H25ClF3NO4S/c1-3-24(31)14-6-12(2)17(24)11-16(8-14)34(32,33)21-7-13(4-5-18(21)25)23(30)29-15-9-19(26)22(28)20(27)10-15/h4-5,7,9-10,12,14,16-17,31H,3,6,8,11H2,1-2H3,(H,29,30)/t12-,14?,16?,17?,24+/m0/s1. The number of sulfone groups is 1. The second-order valence-corrected chi connectivity index (χ2v) is 12.0. The zero-order chi connectivity index (χ0) is 25.0. The second-order valence-electron chi connectivity index (χ2n) is 9.35. The lowest BCUT2D eigenvalue weighted by Crippen LogP contribution is -2.48. The number of benzene rings is 2. The number of carbonyl (C=O) groups is 1. The summed E-state index contributed by atoms with van der Waals surface area (Å²) in [6.45, 7) is 3.93. The summed E-state index contributed by atoms with van der Waals surface area (Å²) in [6.07, 6.45) is 1.90. The minimum Gasteiger partial charge on any atom is -0.389 e. The van der Waals surface area contributed by atoms with Gasteiger partial charge < -0.3 is 10.4 Å². The normalized spacial score (nSPS) is 28.7. The maximum absolute atomic E-state index is 13.6. The van der Waals surface area contributed by atoms with Crippen LogP contribution in [0.25, 0.3) is 0 Å². The fraction of sp³-hybridized carbons (Fsp3) is 0.458. The minimum absolute atomic E-state index is 0.0489. The molecule has 2 aliphatic rings. The van der Waals surface area contributed by atoms with Gasteiger partial charge in [0.2, 0.25) is 0 Å². The van der Waals surface area contributed by atoms with Crippen molar-refractivity contribution in [2.24, 2.45) is 17.8 Å². The van der Waals surface area contributed by atoms with E-state index in [4.69, 9.17) is 11.6 Å². The first-order valence-corrected chi connectivity index (χ1v) is 13.0. The zero-order valence-corrected chi connectivity index (χ0v) is 20.2. The molecule has 2 fully saturated rings. The molecular formula is C24H25ClF3NO4S. The van der Waals surface area contributed by atoms with Gasteiger partial charge in [-0.25, -0.2) is 21.6 Å². The highest BCUT2D eigenvalue weighted by molar-refractivity contribution is 7.92. The molecule has 0 aliphatic heterocycles. The summed E-state index contributed by atoms with van der Waals surface area (Å²) in [4.78, 5) is 12.4.